The van der Waals surface area contributed by atoms with Crippen LogP contribution in [0.25, 0.3) is 0 Å². The van der Waals surface area contributed by atoms with E-state index in [1.807, 2.05) is 4.68 Å². The zero-order chi connectivity index (χ0) is 10.7. The van der Waals surface area contributed by atoms with Crippen molar-refractivity contribution in [2.75, 3.05) is 13.1 Å². The van der Waals surface area contributed by atoms with Crippen molar-refractivity contribution >= 4 is 5.97 Å². The average molecular weight is 209 g/mol. The Hall–Kier alpha value is -1.36. The summed E-state index contributed by atoms with van der Waals surface area (Å²) in [6, 6.07) is 2.09. The largest absolute Gasteiger partial charge is 0.481 e. The summed E-state index contributed by atoms with van der Waals surface area (Å²) in [5, 5.41) is 16.3. The highest BCUT2D eigenvalue weighted by Gasteiger charge is 2.18. The number of carboxylic acid groups (broad SMARTS) is 1. The van der Waals surface area contributed by atoms with Crippen LogP contribution in [0.5, 0.6) is 0 Å². The van der Waals surface area contributed by atoms with E-state index in [0.29, 0.717) is 6.04 Å². The van der Waals surface area contributed by atoms with Crippen molar-refractivity contribution in [3.05, 3.63) is 18.0 Å². The minimum Gasteiger partial charge on any atom is -0.481 e. The first kappa shape index (κ1) is 10.2. The molecule has 1 aliphatic rings. The Labute approximate surface area is 88.1 Å². The molecule has 1 saturated heterocycles. The van der Waals surface area contributed by atoms with E-state index in [2.05, 4.69) is 10.4 Å². The zero-order valence-corrected chi connectivity index (χ0v) is 8.52. The molecule has 0 aromatic carbocycles. The van der Waals surface area contributed by atoms with Crippen LogP contribution in [0.3, 0.4) is 0 Å². The predicted octanol–water partition coefficient (Wildman–Crippen LogP) is 0.435. The van der Waals surface area contributed by atoms with Gasteiger partial charge in [-0.15, -0.1) is 0 Å². The molecule has 0 spiro atoms. The summed E-state index contributed by atoms with van der Waals surface area (Å²) in [5.74, 6) is -0.805. The number of hydrogen-bond donors (Lipinski definition) is 2. The Balaban J connectivity index is 2.12. The molecule has 2 rings (SSSR count). The van der Waals surface area contributed by atoms with Gasteiger partial charge >= 0.3 is 5.97 Å². The van der Waals surface area contributed by atoms with Crippen LogP contribution in [0.15, 0.2) is 12.3 Å². The summed E-state index contributed by atoms with van der Waals surface area (Å²) in [6.07, 6.45) is 3.92. The lowest BCUT2D eigenvalue weighted by molar-refractivity contribution is -0.136. The minimum absolute atomic E-state index is 0.0521. The van der Waals surface area contributed by atoms with Gasteiger partial charge in [0.25, 0.3) is 0 Å². The molecule has 0 bridgehead atoms. The molecule has 1 aromatic heterocycles. The fourth-order valence-corrected chi connectivity index (χ4v) is 2.01. The minimum atomic E-state index is -0.805. The molecule has 82 valence electrons. The van der Waals surface area contributed by atoms with Gasteiger partial charge in [0, 0.05) is 18.4 Å². The molecule has 1 unspecified atom stereocenters. The highest BCUT2D eigenvalue weighted by molar-refractivity contribution is 5.69. The second kappa shape index (κ2) is 4.44. The van der Waals surface area contributed by atoms with Gasteiger partial charge in [0.1, 0.15) is 0 Å². The van der Waals surface area contributed by atoms with Crippen LogP contribution in [-0.2, 0) is 11.2 Å². The van der Waals surface area contributed by atoms with Crippen LogP contribution in [0, 0.1) is 0 Å². The van der Waals surface area contributed by atoms with Crippen LogP contribution < -0.4 is 5.32 Å². The van der Waals surface area contributed by atoms with Gasteiger partial charge < -0.3 is 10.4 Å². The van der Waals surface area contributed by atoms with Crippen molar-refractivity contribution in [2.45, 2.75) is 25.3 Å². The van der Waals surface area contributed by atoms with Gasteiger partial charge in [-0.2, -0.15) is 5.10 Å². The van der Waals surface area contributed by atoms with E-state index < -0.39 is 5.97 Å². The fraction of sp³-hybridized carbons (Fsp3) is 0.600. The monoisotopic (exact) mass is 209 g/mol. The molecule has 15 heavy (non-hydrogen) atoms. The van der Waals surface area contributed by atoms with E-state index in [-0.39, 0.29) is 6.42 Å². The number of piperidine rings is 1. The maximum Gasteiger partial charge on any atom is 0.309 e. The zero-order valence-electron chi connectivity index (χ0n) is 8.52. The summed E-state index contributed by atoms with van der Waals surface area (Å²) >= 11 is 0. The summed E-state index contributed by atoms with van der Waals surface area (Å²) in [6.45, 7) is 1.93. The van der Waals surface area contributed by atoms with E-state index in [9.17, 15) is 4.79 Å². The molecule has 1 aliphatic heterocycles. The van der Waals surface area contributed by atoms with Crippen LogP contribution >= 0.6 is 0 Å². The second-order valence-corrected chi connectivity index (χ2v) is 3.84. The molecule has 0 radical (unpaired) electrons. The molecule has 0 aliphatic carbocycles. The van der Waals surface area contributed by atoms with Crippen LogP contribution in [0.1, 0.15) is 24.6 Å². The first-order valence-electron chi connectivity index (χ1n) is 5.22. The Morgan fingerprint density at radius 2 is 2.60 bits per heavy atom. The van der Waals surface area contributed by atoms with E-state index in [4.69, 9.17) is 5.11 Å². The quantitative estimate of drug-likeness (QED) is 0.757. The molecule has 5 heteroatoms. The van der Waals surface area contributed by atoms with Crippen molar-refractivity contribution in [2.24, 2.45) is 0 Å². The first-order valence-corrected chi connectivity index (χ1v) is 5.22. The summed E-state index contributed by atoms with van der Waals surface area (Å²) in [5.41, 5.74) is 0.788. The van der Waals surface area contributed by atoms with Crippen molar-refractivity contribution < 1.29 is 9.90 Å². The standard InChI is InChI=1S/C10H15N3O2/c14-10(15)6-8-3-5-12-13(8)9-2-1-4-11-7-9/h3,5,9,11H,1-2,4,6-7H2,(H,14,15). The van der Waals surface area contributed by atoms with E-state index >= 15 is 0 Å². The number of carboxylic acids is 1. The number of rotatable bonds is 3. The lowest BCUT2D eigenvalue weighted by atomic mass is 10.1. The molecule has 1 aromatic rings. The van der Waals surface area contributed by atoms with Crippen LogP contribution in [0.4, 0.5) is 0 Å². The topological polar surface area (TPSA) is 67.1 Å². The lowest BCUT2D eigenvalue weighted by Crippen LogP contribution is -2.33. The van der Waals surface area contributed by atoms with Gasteiger partial charge in [-0.3, -0.25) is 9.48 Å². The van der Waals surface area contributed by atoms with E-state index in [0.717, 1.165) is 31.6 Å². The van der Waals surface area contributed by atoms with E-state index in [1.54, 1.807) is 12.3 Å². The van der Waals surface area contributed by atoms with Crippen molar-refractivity contribution in [1.29, 1.82) is 0 Å². The molecule has 2 N–H and O–H groups in total. The Kier molecular flexibility index (Phi) is 3.01. The SMILES string of the molecule is O=C(O)Cc1ccnn1C1CCCNC1. The van der Waals surface area contributed by atoms with Crippen molar-refractivity contribution in [3.8, 4) is 0 Å². The van der Waals surface area contributed by atoms with Gasteiger partial charge in [0.2, 0.25) is 0 Å². The van der Waals surface area contributed by atoms with E-state index in [1.165, 1.54) is 0 Å². The number of nitrogens with zero attached hydrogens (tertiary/aromatic N) is 2. The predicted molar refractivity (Wildman–Crippen MR) is 54.7 cm³/mol. The summed E-state index contributed by atoms with van der Waals surface area (Å²) in [4.78, 5) is 10.6. The molecular formula is C10H15N3O2. The normalized spacial score (nSPS) is 21.5. The third-order valence-corrected chi connectivity index (χ3v) is 2.70. The van der Waals surface area contributed by atoms with Gasteiger partial charge in [-0.1, -0.05) is 0 Å². The van der Waals surface area contributed by atoms with Gasteiger partial charge in [0.05, 0.1) is 12.5 Å². The van der Waals surface area contributed by atoms with Gasteiger partial charge in [-0.25, -0.2) is 0 Å². The maximum atomic E-state index is 10.6. The summed E-state index contributed by atoms with van der Waals surface area (Å²) in [7, 11) is 0. The first-order chi connectivity index (χ1) is 7.27. The third-order valence-electron chi connectivity index (χ3n) is 2.70. The molecule has 0 saturated carbocycles. The average Bonchev–Trinajstić information content (AvgIpc) is 2.66. The number of nitrogens with one attached hydrogen (secondary N) is 1. The fourth-order valence-electron chi connectivity index (χ4n) is 2.01. The van der Waals surface area contributed by atoms with Gasteiger partial charge in [-0.05, 0) is 25.5 Å². The molecule has 1 fully saturated rings. The van der Waals surface area contributed by atoms with Gasteiger partial charge in [0.15, 0.2) is 0 Å². The number of aromatic nitrogens is 2. The van der Waals surface area contributed by atoms with Crippen LogP contribution in [-0.4, -0.2) is 33.9 Å². The maximum absolute atomic E-state index is 10.6. The third kappa shape index (κ3) is 2.36. The molecule has 0 amide bonds. The molecule has 1 atom stereocenters. The van der Waals surface area contributed by atoms with Crippen molar-refractivity contribution in [3.63, 3.8) is 0 Å². The number of carbonyl (C=O) groups is 1. The number of aliphatic carboxylic acids is 1. The Morgan fingerprint density at radius 3 is 3.27 bits per heavy atom. The molecule has 2 heterocycles. The Bertz CT molecular complexity index is 342. The second-order valence-electron chi connectivity index (χ2n) is 3.84. The highest BCUT2D eigenvalue weighted by atomic mass is 16.4. The smallest absolute Gasteiger partial charge is 0.309 e. The number of hydrogen-bond acceptors (Lipinski definition) is 3. The molecule has 5 nitrogen and oxygen atoms in total. The lowest BCUT2D eigenvalue weighted by Gasteiger charge is -2.24. The highest BCUT2D eigenvalue weighted by Crippen LogP contribution is 2.17. The van der Waals surface area contributed by atoms with Crippen LogP contribution in [0.2, 0.25) is 0 Å². The van der Waals surface area contributed by atoms with Crippen molar-refractivity contribution in [1.82, 2.24) is 15.1 Å². The molecular weight excluding hydrogens is 194 g/mol. The Morgan fingerprint density at radius 1 is 1.73 bits per heavy atom. The summed E-state index contributed by atoms with van der Waals surface area (Å²) < 4.78 is 1.85.